The van der Waals surface area contributed by atoms with Crippen LogP contribution in [0, 0.1) is 5.92 Å². The molecule has 1 aliphatic rings. The van der Waals surface area contributed by atoms with Crippen molar-refractivity contribution in [1.82, 2.24) is 4.90 Å². The number of nitrogens with zero attached hydrogens (tertiary/aromatic N) is 1. The van der Waals surface area contributed by atoms with Gasteiger partial charge in [0.2, 0.25) is 0 Å². The summed E-state index contributed by atoms with van der Waals surface area (Å²) in [5.41, 5.74) is 1.01. The second-order valence-corrected chi connectivity index (χ2v) is 5.22. The van der Waals surface area contributed by atoms with Crippen molar-refractivity contribution in [2.75, 3.05) is 46.2 Å². The van der Waals surface area contributed by atoms with Crippen LogP contribution in [0.1, 0.15) is 12.8 Å². The lowest BCUT2D eigenvalue weighted by molar-refractivity contribution is 0.217. The van der Waals surface area contributed by atoms with Crippen LogP contribution in [0.2, 0.25) is 0 Å². The minimum Gasteiger partial charge on any atom is -0.497 e. The summed E-state index contributed by atoms with van der Waals surface area (Å²) in [6, 6.07) is 5.85. The van der Waals surface area contributed by atoms with Gasteiger partial charge in [-0.25, -0.2) is 0 Å². The van der Waals surface area contributed by atoms with E-state index in [-0.39, 0.29) is 0 Å². The van der Waals surface area contributed by atoms with Crippen molar-refractivity contribution in [1.29, 1.82) is 0 Å². The van der Waals surface area contributed by atoms with E-state index < -0.39 is 0 Å². The Labute approximate surface area is 115 Å². The Balaban J connectivity index is 1.97. The molecule has 0 aliphatic carbocycles. The molecule has 0 aromatic heterocycles. The van der Waals surface area contributed by atoms with Crippen LogP contribution in [0.15, 0.2) is 18.2 Å². The maximum atomic E-state index is 5.38. The topological polar surface area (TPSA) is 33.7 Å². The molecule has 4 nitrogen and oxygen atoms in total. The highest BCUT2D eigenvalue weighted by atomic mass is 16.5. The second-order valence-electron chi connectivity index (χ2n) is 5.22. The number of rotatable bonds is 5. The zero-order valence-corrected chi connectivity index (χ0v) is 12.1. The van der Waals surface area contributed by atoms with E-state index in [1.54, 1.807) is 14.2 Å². The monoisotopic (exact) mass is 264 g/mol. The molecule has 1 fully saturated rings. The maximum Gasteiger partial charge on any atom is 0.142 e. The summed E-state index contributed by atoms with van der Waals surface area (Å²) in [5.74, 6) is 2.42. The van der Waals surface area contributed by atoms with E-state index in [0.717, 1.165) is 23.7 Å². The Morgan fingerprint density at radius 3 is 2.84 bits per heavy atom. The van der Waals surface area contributed by atoms with E-state index in [1.165, 1.54) is 25.9 Å². The van der Waals surface area contributed by atoms with Crippen molar-refractivity contribution in [3.8, 4) is 11.5 Å². The molecule has 1 heterocycles. The Morgan fingerprint density at radius 2 is 2.16 bits per heavy atom. The molecule has 106 valence electrons. The van der Waals surface area contributed by atoms with Gasteiger partial charge in [-0.1, -0.05) is 0 Å². The molecular formula is C15H24N2O2. The molecule has 1 aromatic carbocycles. The van der Waals surface area contributed by atoms with Crippen molar-refractivity contribution < 1.29 is 9.47 Å². The molecule has 4 heteroatoms. The number of piperidine rings is 1. The number of ether oxygens (including phenoxy) is 2. The van der Waals surface area contributed by atoms with E-state index in [0.29, 0.717) is 5.92 Å². The number of likely N-dealkylation sites (tertiary alicyclic amines) is 1. The minimum atomic E-state index is 0.703. The number of hydrogen-bond donors (Lipinski definition) is 1. The highest BCUT2D eigenvalue weighted by Crippen LogP contribution is 2.29. The molecule has 0 bridgehead atoms. The van der Waals surface area contributed by atoms with Crippen LogP contribution in [0.25, 0.3) is 0 Å². The van der Waals surface area contributed by atoms with Gasteiger partial charge in [-0.15, -0.1) is 0 Å². The third kappa shape index (κ3) is 3.77. The molecule has 1 saturated heterocycles. The summed E-state index contributed by atoms with van der Waals surface area (Å²) in [4.78, 5) is 2.40. The van der Waals surface area contributed by atoms with Gasteiger partial charge < -0.3 is 19.7 Å². The summed E-state index contributed by atoms with van der Waals surface area (Å²) in [6.45, 7) is 3.37. The normalized spacial score (nSPS) is 20.1. The Kier molecular flexibility index (Phi) is 4.91. The molecule has 2 rings (SSSR count). The van der Waals surface area contributed by atoms with E-state index >= 15 is 0 Å². The van der Waals surface area contributed by atoms with Crippen molar-refractivity contribution >= 4 is 5.69 Å². The van der Waals surface area contributed by atoms with Gasteiger partial charge in [0.1, 0.15) is 11.5 Å². The smallest absolute Gasteiger partial charge is 0.142 e. The molecule has 0 spiro atoms. The van der Waals surface area contributed by atoms with Crippen LogP contribution in [-0.4, -0.2) is 45.8 Å². The molecule has 1 aliphatic heterocycles. The SMILES string of the molecule is COc1ccc(OC)c(NCC2CCCN(C)C2)c1. The summed E-state index contributed by atoms with van der Waals surface area (Å²) in [6.07, 6.45) is 2.59. The van der Waals surface area contributed by atoms with Crippen LogP contribution in [0.4, 0.5) is 5.69 Å². The zero-order valence-electron chi connectivity index (χ0n) is 12.1. The first-order chi connectivity index (χ1) is 9.22. The van der Waals surface area contributed by atoms with Gasteiger partial charge in [-0.2, -0.15) is 0 Å². The van der Waals surface area contributed by atoms with E-state index in [1.807, 2.05) is 18.2 Å². The van der Waals surface area contributed by atoms with Crippen LogP contribution >= 0.6 is 0 Å². The van der Waals surface area contributed by atoms with E-state index in [2.05, 4.69) is 17.3 Å². The van der Waals surface area contributed by atoms with Crippen molar-refractivity contribution in [3.05, 3.63) is 18.2 Å². The standard InChI is InChI=1S/C15H24N2O2/c1-17-8-4-5-12(11-17)10-16-14-9-13(18-2)6-7-15(14)19-3/h6-7,9,12,16H,4-5,8,10-11H2,1-3H3. The molecule has 0 saturated carbocycles. The van der Waals surface area contributed by atoms with E-state index in [4.69, 9.17) is 9.47 Å². The van der Waals surface area contributed by atoms with Crippen LogP contribution in [-0.2, 0) is 0 Å². The van der Waals surface area contributed by atoms with Crippen LogP contribution in [0.5, 0.6) is 11.5 Å². The Bertz CT molecular complexity index is 409. The van der Waals surface area contributed by atoms with Gasteiger partial charge >= 0.3 is 0 Å². The lowest BCUT2D eigenvalue weighted by Crippen LogP contribution is -2.35. The predicted molar refractivity (Wildman–Crippen MR) is 78.3 cm³/mol. The molecular weight excluding hydrogens is 240 g/mol. The largest absolute Gasteiger partial charge is 0.497 e. The summed E-state index contributed by atoms with van der Waals surface area (Å²) >= 11 is 0. The number of hydrogen-bond acceptors (Lipinski definition) is 4. The van der Waals surface area contributed by atoms with Crippen molar-refractivity contribution in [2.45, 2.75) is 12.8 Å². The van der Waals surface area contributed by atoms with Crippen molar-refractivity contribution in [3.63, 3.8) is 0 Å². The number of nitrogens with one attached hydrogen (secondary N) is 1. The van der Waals surface area contributed by atoms with Crippen LogP contribution in [0.3, 0.4) is 0 Å². The molecule has 19 heavy (non-hydrogen) atoms. The molecule has 0 amide bonds. The fraction of sp³-hybridized carbons (Fsp3) is 0.600. The second kappa shape index (κ2) is 6.66. The Morgan fingerprint density at radius 1 is 1.32 bits per heavy atom. The first-order valence-corrected chi connectivity index (χ1v) is 6.87. The molecule has 0 radical (unpaired) electrons. The third-order valence-electron chi connectivity index (χ3n) is 3.71. The zero-order chi connectivity index (χ0) is 13.7. The Hall–Kier alpha value is -1.42. The predicted octanol–water partition coefficient (Wildman–Crippen LogP) is 2.46. The van der Waals surface area contributed by atoms with Gasteiger partial charge in [0.25, 0.3) is 0 Å². The van der Waals surface area contributed by atoms with Crippen molar-refractivity contribution in [2.24, 2.45) is 5.92 Å². The van der Waals surface area contributed by atoms with E-state index in [9.17, 15) is 0 Å². The molecule has 1 aromatic rings. The van der Waals surface area contributed by atoms with Gasteiger partial charge in [-0.05, 0) is 44.5 Å². The van der Waals surface area contributed by atoms with Gasteiger partial charge in [0.05, 0.1) is 19.9 Å². The highest BCUT2D eigenvalue weighted by molar-refractivity contribution is 5.59. The minimum absolute atomic E-state index is 0.703. The van der Waals surface area contributed by atoms with Gasteiger partial charge in [-0.3, -0.25) is 0 Å². The maximum absolute atomic E-state index is 5.38. The van der Waals surface area contributed by atoms with Gasteiger partial charge in [0, 0.05) is 19.2 Å². The third-order valence-corrected chi connectivity index (χ3v) is 3.71. The average Bonchev–Trinajstić information content (AvgIpc) is 2.45. The number of methoxy groups -OCH3 is 2. The lowest BCUT2D eigenvalue weighted by atomic mass is 9.98. The number of benzene rings is 1. The van der Waals surface area contributed by atoms with Crippen LogP contribution < -0.4 is 14.8 Å². The summed E-state index contributed by atoms with van der Waals surface area (Å²) in [7, 11) is 5.57. The summed E-state index contributed by atoms with van der Waals surface area (Å²) in [5, 5.41) is 3.50. The fourth-order valence-corrected chi connectivity index (χ4v) is 2.65. The number of anilines is 1. The highest BCUT2D eigenvalue weighted by Gasteiger charge is 2.17. The average molecular weight is 264 g/mol. The quantitative estimate of drug-likeness (QED) is 0.886. The molecule has 1 N–H and O–H groups in total. The lowest BCUT2D eigenvalue weighted by Gasteiger charge is -2.30. The first-order valence-electron chi connectivity index (χ1n) is 6.87. The van der Waals surface area contributed by atoms with Gasteiger partial charge in [0.15, 0.2) is 0 Å². The molecule has 1 atom stereocenters. The fourth-order valence-electron chi connectivity index (χ4n) is 2.65. The molecule has 1 unspecified atom stereocenters. The first kappa shape index (κ1) is 14.0. The summed E-state index contributed by atoms with van der Waals surface area (Å²) < 4.78 is 10.6.